The highest BCUT2D eigenvalue weighted by molar-refractivity contribution is 6.35. The number of hydrogen-bond acceptors (Lipinski definition) is 4. The van der Waals surface area contributed by atoms with Gasteiger partial charge in [0.05, 0.1) is 17.4 Å². The van der Waals surface area contributed by atoms with Crippen LogP contribution in [0.4, 0.5) is 0 Å². The number of nitrogens with one attached hydrogen (secondary N) is 1. The number of carbonyl (C=O) groups excluding carboxylic acids is 2. The van der Waals surface area contributed by atoms with Crippen molar-refractivity contribution >= 4 is 46.1 Å². The molecule has 3 rings (SSSR count). The Kier molecular flexibility index (Phi) is 5.75. The first-order valence-electron chi connectivity index (χ1n) is 7.79. The third-order valence-corrected chi connectivity index (χ3v) is 4.27. The van der Waals surface area contributed by atoms with E-state index in [0.29, 0.717) is 10.0 Å². The summed E-state index contributed by atoms with van der Waals surface area (Å²) in [5, 5.41) is 3.62. The number of esters is 1. The lowest BCUT2D eigenvalue weighted by Gasteiger charge is -2.09. The molecule has 2 aromatic carbocycles. The van der Waals surface area contributed by atoms with Gasteiger partial charge in [0, 0.05) is 16.6 Å². The second kappa shape index (κ2) is 8.21. The van der Waals surface area contributed by atoms with Crippen LogP contribution in [0.15, 0.2) is 48.8 Å². The standard InChI is InChI=1S/C18H15Cl2N3O3/c19-13-6-5-12(14(20)7-13)8-21-17(24)10-26-18(25)9-23-11-22-15-3-1-2-4-16(15)23/h1-7,11H,8-10H2,(H,21,24). The van der Waals surface area contributed by atoms with E-state index in [1.807, 2.05) is 24.3 Å². The van der Waals surface area contributed by atoms with Crippen LogP contribution >= 0.6 is 23.2 Å². The number of para-hydroxylation sites is 2. The molecule has 6 nitrogen and oxygen atoms in total. The molecule has 0 saturated carbocycles. The maximum atomic E-state index is 11.9. The van der Waals surface area contributed by atoms with Crippen LogP contribution in [0.1, 0.15) is 5.56 Å². The van der Waals surface area contributed by atoms with Gasteiger partial charge < -0.3 is 14.6 Å². The summed E-state index contributed by atoms with van der Waals surface area (Å²) in [6, 6.07) is 12.5. The highest BCUT2D eigenvalue weighted by Gasteiger charge is 2.11. The normalized spacial score (nSPS) is 10.7. The van der Waals surface area contributed by atoms with Gasteiger partial charge in [-0.2, -0.15) is 0 Å². The van der Waals surface area contributed by atoms with E-state index in [4.69, 9.17) is 27.9 Å². The van der Waals surface area contributed by atoms with E-state index < -0.39 is 11.9 Å². The highest BCUT2D eigenvalue weighted by Crippen LogP contribution is 2.20. The molecule has 3 aromatic rings. The van der Waals surface area contributed by atoms with Crippen LogP contribution < -0.4 is 5.32 Å². The largest absolute Gasteiger partial charge is 0.454 e. The number of fused-ring (bicyclic) bond motifs is 1. The van der Waals surface area contributed by atoms with Crippen LogP contribution in [-0.2, 0) is 27.4 Å². The molecule has 0 saturated heterocycles. The number of halogens is 2. The molecule has 0 radical (unpaired) electrons. The number of imidazole rings is 1. The molecule has 1 amide bonds. The molecule has 0 aliphatic carbocycles. The molecule has 134 valence electrons. The van der Waals surface area contributed by atoms with Gasteiger partial charge in [-0.1, -0.05) is 41.4 Å². The summed E-state index contributed by atoms with van der Waals surface area (Å²) in [6.45, 7) is -0.161. The van der Waals surface area contributed by atoms with Crippen molar-refractivity contribution in [2.75, 3.05) is 6.61 Å². The fraction of sp³-hybridized carbons (Fsp3) is 0.167. The molecule has 0 unspecified atom stereocenters. The Bertz CT molecular complexity index is 956. The molecule has 0 bridgehead atoms. The lowest BCUT2D eigenvalue weighted by molar-refractivity contribution is -0.149. The number of amides is 1. The Balaban J connectivity index is 1.47. The fourth-order valence-corrected chi connectivity index (χ4v) is 2.85. The van der Waals surface area contributed by atoms with Gasteiger partial charge in [-0.3, -0.25) is 9.59 Å². The van der Waals surface area contributed by atoms with Crippen molar-refractivity contribution in [3.63, 3.8) is 0 Å². The summed E-state index contributed by atoms with van der Waals surface area (Å²) in [5.74, 6) is -0.937. The number of nitrogens with zero attached hydrogens (tertiary/aromatic N) is 2. The summed E-state index contributed by atoms with van der Waals surface area (Å²) in [4.78, 5) is 28.0. The van der Waals surface area contributed by atoms with Crippen LogP contribution in [0.2, 0.25) is 10.0 Å². The van der Waals surface area contributed by atoms with Crippen LogP contribution in [0.5, 0.6) is 0 Å². The van der Waals surface area contributed by atoms with Gasteiger partial charge in [0.2, 0.25) is 0 Å². The van der Waals surface area contributed by atoms with E-state index in [9.17, 15) is 9.59 Å². The Morgan fingerprint density at radius 2 is 1.96 bits per heavy atom. The van der Waals surface area contributed by atoms with Crippen LogP contribution in [0.3, 0.4) is 0 Å². The Labute approximate surface area is 159 Å². The van der Waals surface area contributed by atoms with Crippen LogP contribution in [0.25, 0.3) is 11.0 Å². The second-order valence-corrected chi connectivity index (χ2v) is 6.38. The quantitative estimate of drug-likeness (QED) is 0.654. The summed E-state index contributed by atoms with van der Waals surface area (Å²) in [7, 11) is 0. The Morgan fingerprint density at radius 3 is 2.77 bits per heavy atom. The molecule has 0 atom stereocenters. The fourth-order valence-electron chi connectivity index (χ4n) is 2.38. The molecular formula is C18H15Cl2N3O3. The lowest BCUT2D eigenvalue weighted by Crippen LogP contribution is -2.29. The SMILES string of the molecule is O=C(COC(=O)Cn1cnc2ccccc21)NCc1ccc(Cl)cc1Cl. The number of carbonyl (C=O) groups is 2. The van der Waals surface area contributed by atoms with E-state index in [1.54, 1.807) is 29.1 Å². The van der Waals surface area contributed by atoms with E-state index in [-0.39, 0.29) is 19.7 Å². The predicted molar refractivity (Wildman–Crippen MR) is 99.0 cm³/mol. The van der Waals surface area contributed by atoms with Gasteiger partial charge >= 0.3 is 5.97 Å². The number of ether oxygens (including phenoxy) is 1. The molecule has 1 aromatic heterocycles. The zero-order chi connectivity index (χ0) is 18.5. The van der Waals surface area contributed by atoms with Crippen molar-refractivity contribution in [2.45, 2.75) is 13.1 Å². The maximum absolute atomic E-state index is 11.9. The van der Waals surface area contributed by atoms with E-state index in [0.717, 1.165) is 16.6 Å². The Morgan fingerprint density at radius 1 is 1.15 bits per heavy atom. The van der Waals surface area contributed by atoms with Gasteiger partial charge in [-0.05, 0) is 29.8 Å². The third-order valence-electron chi connectivity index (χ3n) is 3.68. The van der Waals surface area contributed by atoms with Gasteiger partial charge in [-0.15, -0.1) is 0 Å². The van der Waals surface area contributed by atoms with Crippen molar-refractivity contribution in [1.29, 1.82) is 0 Å². The highest BCUT2D eigenvalue weighted by atomic mass is 35.5. The zero-order valence-electron chi connectivity index (χ0n) is 13.6. The maximum Gasteiger partial charge on any atom is 0.326 e. The van der Waals surface area contributed by atoms with Gasteiger partial charge in [0.1, 0.15) is 6.54 Å². The molecule has 0 spiro atoms. The van der Waals surface area contributed by atoms with Crippen molar-refractivity contribution in [1.82, 2.24) is 14.9 Å². The first-order chi connectivity index (χ1) is 12.5. The van der Waals surface area contributed by atoms with Crippen molar-refractivity contribution in [2.24, 2.45) is 0 Å². The van der Waals surface area contributed by atoms with Crippen LogP contribution in [0, 0.1) is 0 Å². The molecule has 1 N–H and O–H groups in total. The van der Waals surface area contributed by atoms with E-state index in [2.05, 4.69) is 10.3 Å². The molecular weight excluding hydrogens is 377 g/mol. The first kappa shape index (κ1) is 18.2. The van der Waals surface area contributed by atoms with Crippen LogP contribution in [-0.4, -0.2) is 28.0 Å². The minimum absolute atomic E-state index is 0.0171. The van der Waals surface area contributed by atoms with E-state index in [1.165, 1.54) is 0 Å². The summed E-state index contributed by atoms with van der Waals surface area (Å²) in [6.07, 6.45) is 1.56. The molecule has 0 aliphatic heterocycles. The van der Waals surface area contributed by atoms with Crippen molar-refractivity contribution < 1.29 is 14.3 Å². The smallest absolute Gasteiger partial charge is 0.326 e. The van der Waals surface area contributed by atoms with Crippen molar-refractivity contribution in [3.05, 3.63) is 64.4 Å². The number of benzene rings is 2. The first-order valence-corrected chi connectivity index (χ1v) is 8.54. The average molecular weight is 392 g/mol. The van der Waals surface area contributed by atoms with Gasteiger partial charge in [-0.25, -0.2) is 4.98 Å². The minimum Gasteiger partial charge on any atom is -0.454 e. The molecule has 0 aliphatic rings. The molecule has 8 heteroatoms. The monoisotopic (exact) mass is 391 g/mol. The van der Waals surface area contributed by atoms with Gasteiger partial charge in [0.15, 0.2) is 6.61 Å². The molecule has 0 fully saturated rings. The average Bonchev–Trinajstić information content (AvgIpc) is 3.02. The van der Waals surface area contributed by atoms with E-state index >= 15 is 0 Å². The topological polar surface area (TPSA) is 73.2 Å². The third kappa shape index (κ3) is 4.53. The summed E-state index contributed by atoms with van der Waals surface area (Å²) in [5.41, 5.74) is 2.34. The van der Waals surface area contributed by atoms with Crippen molar-refractivity contribution in [3.8, 4) is 0 Å². The zero-order valence-corrected chi connectivity index (χ0v) is 15.1. The summed E-state index contributed by atoms with van der Waals surface area (Å²) >= 11 is 11.9. The number of aromatic nitrogens is 2. The second-order valence-electron chi connectivity index (χ2n) is 5.53. The number of rotatable bonds is 6. The predicted octanol–water partition coefficient (Wildman–Crippen LogP) is 3.20. The summed E-state index contributed by atoms with van der Waals surface area (Å²) < 4.78 is 6.68. The molecule has 1 heterocycles. The Hall–Kier alpha value is -2.57. The van der Waals surface area contributed by atoms with Gasteiger partial charge in [0.25, 0.3) is 5.91 Å². The number of hydrogen-bond donors (Lipinski definition) is 1. The lowest BCUT2D eigenvalue weighted by atomic mass is 10.2. The molecule has 26 heavy (non-hydrogen) atoms. The minimum atomic E-state index is -0.521.